The number of nitrogens with one attached hydrogen (secondary N) is 1. The Hall–Kier alpha value is -1.88. The van der Waals surface area contributed by atoms with Crippen LogP contribution in [0.15, 0.2) is 24.3 Å². The van der Waals surface area contributed by atoms with Gasteiger partial charge in [-0.25, -0.2) is 9.37 Å². The number of aryl methyl sites for hydroxylation is 1. The number of halogens is 1. The fourth-order valence-electron chi connectivity index (χ4n) is 1.84. The number of anilines is 1. The van der Waals surface area contributed by atoms with Crippen LogP contribution >= 0.6 is 11.3 Å². The molecule has 0 bridgehead atoms. The van der Waals surface area contributed by atoms with Crippen LogP contribution in [0.1, 0.15) is 4.88 Å². The third kappa shape index (κ3) is 1.59. The number of H-pyrrole nitrogens is 1. The van der Waals surface area contributed by atoms with E-state index in [-0.39, 0.29) is 5.82 Å². The molecular formula is C12H10FN3S. The smallest absolute Gasteiger partial charge is 0.151 e. The van der Waals surface area contributed by atoms with E-state index >= 15 is 0 Å². The average Bonchev–Trinajstić information content (AvgIpc) is 2.82. The Morgan fingerprint density at radius 1 is 1.41 bits per heavy atom. The summed E-state index contributed by atoms with van der Waals surface area (Å²) in [4.78, 5) is 8.44. The van der Waals surface area contributed by atoms with Gasteiger partial charge in [-0.1, -0.05) is 6.07 Å². The molecule has 2 aromatic heterocycles. The normalized spacial score (nSPS) is 11.2. The first kappa shape index (κ1) is 10.3. The van der Waals surface area contributed by atoms with E-state index in [2.05, 4.69) is 9.97 Å². The van der Waals surface area contributed by atoms with Crippen molar-refractivity contribution in [3.05, 3.63) is 35.0 Å². The first-order valence-electron chi connectivity index (χ1n) is 5.15. The zero-order chi connectivity index (χ0) is 12.0. The molecule has 0 aliphatic rings. The number of para-hydroxylation sites is 1. The molecule has 3 rings (SSSR count). The number of aromatic amines is 1. The van der Waals surface area contributed by atoms with Crippen LogP contribution in [0.2, 0.25) is 0 Å². The molecule has 5 heteroatoms. The summed E-state index contributed by atoms with van der Waals surface area (Å²) >= 11 is 1.50. The van der Waals surface area contributed by atoms with Crippen molar-refractivity contribution in [2.45, 2.75) is 6.92 Å². The van der Waals surface area contributed by atoms with E-state index in [0.717, 1.165) is 10.4 Å². The molecule has 0 saturated carbocycles. The number of nitrogen functional groups attached to an aromatic ring is 1. The molecule has 1 aromatic carbocycles. The quantitative estimate of drug-likeness (QED) is 0.693. The number of imidazole rings is 1. The lowest BCUT2D eigenvalue weighted by atomic mass is 10.3. The summed E-state index contributed by atoms with van der Waals surface area (Å²) in [7, 11) is 0. The summed E-state index contributed by atoms with van der Waals surface area (Å²) in [5.41, 5.74) is 7.77. The van der Waals surface area contributed by atoms with E-state index in [1.54, 1.807) is 12.1 Å². The number of rotatable bonds is 1. The van der Waals surface area contributed by atoms with Crippen LogP contribution in [-0.4, -0.2) is 9.97 Å². The van der Waals surface area contributed by atoms with Crippen LogP contribution in [0.4, 0.5) is 9.39 Å². The van der Waals surface area contributed by atoms with Crippen LogP contribution in [0.5, 0.6) is 0 Å². The Labute approximate surface area is 101 Å². The summed E-state index contributed by atoms with van der Waals surface area (Å²) in [6.07, 6.45) is 0. The van der Waals surface area contributed by atoms with Gasteiger partial charge in [0.25, 0.3) is 0 Å². The summed E-state index contributed by atoms with van der Waals surface area (Å²) in [5, 5.41) is 0.696. The molecule has 3 N–H and O–H groups in total. The van der Waals surface area contributed by atoms with Crippen molar-refractivity contribution in [2.75, 3.05) is 5.73 Å². The summed E-state index contributed by atoms with van der Waals surface area (Å²) in [6.45, 7) is 1.98. The highest BCUT2D eigenvalue weighted by molar-refractivity contribution is 7.16. The Balaban J connectivity index is 2.25. The third-order valence-corrected chi connectivity index (χ3v) is 3.48. The third-order valence-electron chi connectivity index (χ3n) is 2.60. The summed E-state index contributed by atoms with van der Waals surface area (Å²) < 4.78 is 13.5. The molecular weight excluding hydrogens is 237 g/mol. The van der Waals surface area contributed by atoms with Gasteiger partial charge in [0.2, 0.25) is 0 Å². The number of fused-ring (bicyclic) bond motifs is 1. The Morgan fingerprint density at radius 3 is 2.88 bits per heavy atom. The van der Waals surface area contributed by atoms with Gasteiger partial charge in [0.15, 0.2) is 5.82 Å². The molecule has 0 atom stereocenters. The molecule has 2 heterocycles. The summed E-state index contributed by atoms with van der Waals surface area (Å²) in [6, 6.07) is 6.80. The monoisotopic (exact) mass is 247 g/mol. The Bertz CT molecular complexity index is 699. The highest BCUT2D eigenvalue weighted by Crippen LogP contribution is 2.33. The van der Waals surface area contributed by atoms with Gasteiger partial charge in [0.05, 0.1) is 16.1 Å². The Morgan fingerprint density at radius 2 is 2.24 bits per heavy atom. The van der Waals surface area contributed by atoms with Gasteiger partial charge < -0.3 is 10.7 Å². The molecule has 0 unspecified atom stereocenters. The predicted molar refractivity (Wildman–Crippen MR) is 68.5 cm³/mol. The zero-order valence-corrected chi connectivity index (χ0v) is 9.94. The molecule has 0 aliphatic carbocycles. The first-order chi connectivity index (χ1) is 8.15. The minimum absolute atomic E-state index is 0.324. The van der Waals surface area contributed by atoms with E-state index in [1.807, 2.05) is 13.0 Å². The van der Waals surface area contributed by atoms with Crippen LogP contribution < -0.4 is 5.73 Å². The second kappa shape index (κ2) is 3.56. The molecule has 3 nitrogen and oxygen atoms in total. The fourth-order valence-corrected chi connectivity index (χ4v) is 2.63. The van der Waals surface area contributed by atoms with Crippen molar-refractivity contribution >= 4 is 27.4 Å². The minimum atomic E-state index is -0.324. The van der Waals surface area contributed by atoms with E-state index in [0.29, 0.717) is 21.9 Å². The lowest BCUT2D eigenvalue weighted by molar-refractivity contribution is 0.637. The number of benzene rings is 1. The molecule has 0 fully saturated rings. The Kier molecular flexibility index (Phi) is 2.16. The van der Waals surface area contributed by atoms with Crippen molar-refractivity contribution in [3.8, 4) is 11.4 Å². The minimum Gasteiger partial charge on any atom is -0.390 e. The van der Waals surface area contributed by atoms with Gasteiger partial charge in [0, 0.05) is 4.88 Å². The molecule has 3 aromatic rings. The number of nitrogens with zero attached hydrogens (tertiary/aromatic N) is 1. The number of thiophene rings is 1. The maximum atomic E-state index is 13.5. The molecule has 0 saturated heterocycles. The lowest BCUT2D eigenvalue weighted by Gasteiger charge is -1.92. The maximum absolute atomic E-state index is 13.5. The standard InChI is InChI=1S/C12H10FN3S/c1-6-5-7(11(14)17-6)12-15-9-4-2-3-8(13)10(9)16-12/h2-5H,14H2,1H3,(H,15,16). The number of nitrogens with two attached hydrogens (primary N) is 1. The van der Waals surface area contributed by atoms with Gasteiger partial charge in [-0.15, -0.1) is 11.3 Å². The topological polar surface area (TPSA) is 54.7 Å². The SMILES string of the molecule is Cc1cc(-c2nc3c(F)cccc3[nH]2)c(N)s1. The van der Waals surface area contributed by atoms with Crippen molar-refractivity contribution < 1.29 is 4.39 Å². The van der Waals surface area contributed by atoms with E-state index in [1.165, 1.54) is 17.4 Å². The average molecular weight is 247 g/mol. The van der Waals surface area contributed by atoms with Crippen molar-refractivity contribution in [3.63, 3.8) is 0 Å². The van der Waals surface area contributed by atoms with Gasteiger partial charge in [-0.05, 0) is 25.1 Å². The lowest BCUT2D eigenvalue weighted by Crippen LogP contribution is -1.84. The van der Waals surface area contributed by atoms with Gasteiger partial charge >= 0.3 is 0 Å². The number of hydrogen-bond acceptors (Lipinski definition) is 3. The fraction of sp³-hybridized carbons (Fsp3) is 0.0833. The van der Waals surface area contributed by atoms with Crippen LogP contribution in [0.25, 0.3) is 22.4 Å². The molecule has 0 aliphatic heterocycles. The number of aromatic nitrogens is 2. The number of hydrogen-bond donors (Lipinski definition) is 2. The van der Waals surface area contributed by atoms with E-state index in [4.69, 9.17) is 5.73 Å². The van der Waals surface area contributed by atoms with Crippen LogP contribution in [-0.2, 0) is 0 Å². The van der Waals surface area contributed by atoms with Crippen molar-refractivity contribution in [1.82, 2.24) is 9.97 Å². The molecule has 0 spiro atoms. The van der Waals surface area contributed by atoms with E-state index in [9.17, 15) is 4.39 Å². The summed E-state index contributed by atoms with van der Waals surface area (Å²) in [5.74, 6) is 0.294. The molecule has 0 radical (unpaired) electrons. The second-order valence-electron chi connectivity index (χ2n) is 3.86. The maximum Gasteiger partial charge on any atom is 0.151 e. The second-order valence-corrected chi connectivity index (χ2v) is 5.14. The van der Waals surface area contributed by atoms with E-state index < -0.39 is 0 Å². The predicted octanol–water partition coefficient (Wildman–Crippen LogP) is 3.32. The zero-order valence-electron chi connectivity index (χ0n) is 9.12. The van der Waals surface area contributed by atoms with Crippen molar-refractivity contribution in [1.29, 1.82) is 0 Å². The van der Waals surface area contributed by atoms with Crippen LogP contribution in [0.3, 0.4) is 0 Å². The first-order valence-corrected chi connectivity index (χ1v) is 5.97. The van der Waals surface area contributed by atoms with Crippen molar-refractivity contribution in [2.24, 2.45) is 0 Å². The van der Waals surface area contributed by atoms with Gasteiger partial charge in [-0.3, -0.25) is 0 Å². The molecule has 17 heavy (non-hydrogen) atoms. The molecule has 86 valence electrons. The van der Waals surface area contributed by atoms with Gasteiger partial charge in [-0.2, -0.15) is 0 Å². The molecule has 0 amide bonds. The van der Waals surface area contributed by atoms with Crippen LogP contribution in [0, 0.1) is 12.7 Å². The van der Waals surface area contributed by atoms with Gasteiger partial charge in [0.1, 0.15) is 11.3 Å². The highest BCUT2D eigenvalue weighted by Gasteiger charge is 2.12. The highest BCUT2D eigenvalue weighted by atomic mass is 32.1. The largest absolute Gasteiger partial charge is 0.390 e.